The van der Waals surface area contributed by atoms with E-state index in [-0.39, 0.29) is 12.8 Å². The molecule has 0 saturated heterocycles. The number of nitrogens with two attached hydrogens (primary N) is 1. The summed E-state index contributed by atoms with van der Waals surface area (Å²) in [5.41, 5.74) is 7.12. The van der Waals surface area contributed by atoms with E-state index >= 15 is 0 Å². The van der Waals surface area contributed by atoms with Gasteiger partial charge < -0.3 is 20.9 Å². The number of aliphatic carboxylic acids is 1. The topological polar surface area (TPSA) is 129 Å². The predicted octanol–water partition coefficient (Wildman–Crippen LogP) is 3.49. The first-order chi connectivity index (χ1) is 13.2. The number of rotatable bonds is 6. The van der Waals surface area contributed by atoms with Crippen LogP contribution in [-0.2, 0) is 17.6 Å². The Balaban J connectivity index is 2.10. The fourth-order valence-electron chi connectivity index (χ4n) is 3.63. The van der Waals surface area contributed by atoms with Crippen molar-refractivity contribution in [1.29, 1.82) is 0 Å². The second kappa shape index (κ2) is 8.10. The number of benzene rings is 1. The summed E-state index contributed by atoms with van der Waals surface area (Å²) >= 11 is 0. The molecule has 3 atom stereocenters. The molecule has 0 aliphatic heterocycles. The van der Waals surface area contributed by atoms with Crippen LogP contribution in [0.2, 0.25) is 0 Å². The molecule has 0 spiro atoms. The molecule has 1 aromatic heterocycles. The molecule has 1 aliphatic rings. The highest BCUT2D eigenvalue weighted by atomic mass is 33.2. The minimum absolute atomic E-state index is 0.188. The normalized spacial score (nSPS) is 20.6. The Bertz CT molecular complexity index is 897. The van der Waals surface area contributed by atoms with Gasteiger partial charge in [0.05, 0.1) is 11.8 Å². The second-order valence-electron chi connectivity index (χ2n) is 6.42. The third-order valence-corrected chi connectivity index (χ3v) is 11.7. The van der Waals surface area contributed by atoms with Crippen molar-refractivity contribution in [3.63, 3.8) is 0 Å². The summed E-state index contributed by atoms with van der Waals surface area (Å²) < 4.78 is 27.9. The van der Waals surface area contributed by atoms with Crippen LogP contribution in [0.15, 0.2) is 29.7 Å². The molecule has 1 aliphatic carbocycles. The molecule has 2 aromatic rings. The van der Waals surface area contributed by atoms with Crippen LogP contribution in [0, 0.1) is 11.6 Å². The van der Waals surface area contributed by atoms with E-state index in [1.807, 2.05) is 0 Å². The number of carboxylic acids is 1. The van der Waals surface area contributed by atoms with Crippen molar-refractivity contribution in [2.24, 2.45) is 5.73 Å². The number of aromatic nitrogens is 2. The predicted molar refractivity (Wildman–Crippen MR) is 102 cm³/mol. The third-order valence-electron chi connectivity index (χ3n) is 4.72. The van der Waals surface area contributed by atoms with E-state index < -0.39 is 49.0 Å². The largest absolute Gasteiger partial charge is 0.481 e. The maximum absolute atomic E-state index is 14.1. The summed E-state index contributed by atoms with van der Waals surface area (Å²) in [4.78, 5) is 30.2. The molecule has 0 radical (unpaired) electrons. The van der Waals surface area contributed by atoms with E-state index in [4.69, 9.17) is 5.73 Å². The summed E-state index contributed by atoms with van der Waals surface area (Å²) in [6, 6.07) is 2.07. The van der Waals surface area contributed by atoms with Gasteiger partial charge in [-0.25, -0.2) is 18.6 Å². The number of H-pyrrole nitrogens is 1. The molecule has 1 heterocycles. The Morgan fingerprint density at radius 1 is 1.39 bits per heavy atom. The SMILES string of the molecule is NC(CC(=O)O)S(SC(=O)O)(c1ncc[nH]1)C1CCc2c(F)cc(F)cc2C1. The van der Waals surface area contributed by atoms with Gasteiger partial charge in [0.15, 0.2) is 5.16 Å². The zero-order valence-corrected chi connectivity index (χ0v) is 16.2. The molecule has 7 nitrogen and oxygen atoms in total. The number of imidazole rings is 1. The van der Waals surface area contributed by atoms with Crippen molar-refractivity contribution in [2.75, 3.05) is 0 Å². The lowest BCUT2D eigenvalue weighted by atomic mass is 9.91. The second-order valence-corrected chi connectivity index (χ2v) is 12.0. The van der Waals surface area contributed by atoms with E-state index in [0.717, 1.165) is 6.07 Å². The standard InChI is InChI=1S/C17H19F2N3O4S2/c18-10-5-9-6-11(1-2-12(9)13(19)7-10)28(27-17(25)26,14(20)8-15(23)24)16-21-3-4-22-16/h3-5,7,11,14H,1-2,6,8,20H2,(H,21,22)(H,23,24)(H,25,26). The van der Waals surface area contributed by atoms with Crippen LogP contribution in [0.3, 0.4) is 0 Å². The fourth-order valence-corrected chi connectivity index (χ4v) is 9.76. The zero-order chi connectivity index (χ0) is 20.5. The van der Waals surface area contributed by atoms with Gasteiger partial charge in [0.25, 0.3) is 0 Å². The van der Waals surface area contributed by atoms with Gasteiger partial charge in [-0.2, -0.15) is 0 Å². The van der Waals surface area contributed by atoms with Crippen molar-refractivity contribution in [3.05, 3.63) is 47.3 Å². The molecule has 5 N–H and O–H groups in total. The van der Waals surface area contributed by atoms with Crippen molar-refractivity contribution >= 4 is 31.1 Å². The van der Waals surface area contributed by atoms with Gasteiger partial charge in [-0.05, 0) is 36.5 Å². The summed E-state index contributed by atoms with van der Waals surface area (Å²) in [7, 11) is -2.00. The molecule has 0 saturated carbocycles. The highest BCUT2D eigenvalue weighted by Crippen LogP contribution is 2.72. The first-order valence-corrected chi connectivity index (χ1v) is 11.5. The highest BCUT2D eigenvalue weighted by molar-refractivity contribution is 8.98. The molecule has 152 valence electrons. The van der Waals surface area contributed by atoms with Gasteiger partial charge in [0.2, 0.25) is 0 Å². The Kier molecular flexibility index (Phi) is 5.96. The number of fused-ring (bicyclic) bond motifs is 1. The van der Waals surface area contributed by atoms with Gasteiger partial charge in [-0.15, -0.1) is 9.06 Å². The monoisotopic (exact) mass is 431 g/mol. The van der Waals surface area contributed by atoms with Crippen LogP contribution in [0.4, 0.5) is 13.6 Å². The molecule has 28 heavy (non-hydrogen) atoms. The Labute approximate surface area is 164 Å². The molecule has 3 unspecified atom stereocenters. The van der Waals surface area contributed by atoms with Crippen LogP contribution in [0.25, 0.3) is 0 Å². The van der Waals surface area contributed by atoms with Gasteiger partial charge in [0, 0.05) is 34.5 Å². The average Bonchev–Trinajstić information content (AvgIpc) is 3.12. The average molecular weight is 431 g/mol. The zero-order valence-electron chi connectivity index (χ0n) is 14.6. The lowest BCUT2D eigenvalue weighted by molar-refractivity contribution is -0.136. The molecule has 11 heteroatoms. The first kappa shape index (κ1) is 20.6. The Hall–Kier alpha value is -2.11. The number of carboxylic acid groups (broad SMARTS) is 2. The van der Waals surface area contributed by atoms with Crippen LogP contribution in [-0.4, -0.2) is 42.1 Å². The summed E-state index contributed by atoms with van der Waals surface area (Å²) in [5.74, 6) is -2.50. The van der Waals surface area contributed by atoms with E-state index in [0.29, 0.717) is 33.5 Å². The van der Waals surface area contributed by atoms with Crippen LogP contribution in [0.5, 0.6) is 0 Å². The molecule has 0 bridgehead atoms. The van der Waals surface area contributed by atoms with Crippen molar-refractivity contribution in [3.8, 4) is 0 Å². The maximum atomic E-state index is 14.1. The van der Waals surface area contributed by atoms with E-state index in [1.165, 1.54) is 18.5 Å². The number of carbonyl (C=O) groups is 2. The number of hydrogen-bond donors (Lipinski definition) is 4. The maximum Gasteiger partial charge on any atom is 0.374 e. The summed E-state index contributed by atoms with van der Waals surface area (Å²) in [5, 5.41) is 16.5. The smallest absolute Gasteiger partial charge is 0.374 e. The van der Waals surface area contributed by atoms with Crippen molar-refractivity contribution in [2.45, 2.75) is 41.5 Å². The Morgan fingerprint density at radius 3 is 2.75 bits per heavy atom. The minimum atomic E-state index is -2.57. The van der Waals surface area contributed by atoms with Crippen LogP contribution >= 0.6 is 19.9 Å². The minimum Gasteiger partial charge on any atom is -0.481 e. The number of aromatic amines is 1. The van der Waals surface area contributed by atoms with E-state index in [2.05, 4.69) is 9.97 Å². The van der Waals surface area contributed by atoms with E-state index in [9.17, 15) is 28.6 Å². The quantitative estimate of drug-likeness (QED) is 0.515. The van der Waals surface area contributed by atoms with Crippen molar-refractivity contribution in [1.82, 2.24) is 9.97 Å². The molecule has 1 aromatic carbocycles. The van der Waals surface area contributed by atoms with Crippen molar-refractivity contribution < 1.29 is 28.6 Å². The van der Waals surface area contributed by atoms with Gasteiger partial charge in [0.1, 0.15) is 11.6 Å². The van der Waals surface area contributed by atoms with Gasteiger partial charge in [-0.1, -0.05) is 0 Å². The first-order valence-electron chi connectivity index (χ1n) is 8.41. The fraction of sp³-hybridized carbons (Fsp3) is 0.353. The molecular weight excluding hydrogens is 412 g/mol. The number of halogens is 2. The molecular formula is C17H19F2N3O4S2. The van der Waals surface area contributed by atoms with Crippen LogP contribution in [0.1, 0.15) is 24.0 Å². The van der Waals surface area contributed by atoms with Gasteiger partial charge >= 0.3 is 11.3 Å². The third kappa shape index (κ3) is 3.87. The lowest BCUT2D eigenvalue weighted by Gasteiger charge is -2.47. The highest BCUT2D eigenvalue weighted by Gasteiger charge is 2.47. The number of hydrogen-bond acceptors (Lipinski definition) is 5. The van der Waals surface area contributed by atoms with Crippen LogP contribution < -0.4 is 5.73 Å². The molecule has 0 amide bonds. The lowest BCUT2D eigenvalue weighted by Crippen LogP contribution is -2.38. The molecule has 3 rings (SSSR count). The Morgan fingerprint density at radius 2 is 2.14 bits per heavy atom. The number of nitrogens with one attached hydrogen (secondary N) is 1. The number of nitrogens with zero attached hydrogens (tertiary/aromatic N) is 1. The molecule has 0 fully saturated rings. The van der Waals surface area contributed by atoms with Gasteiger partial charge in [-0.3, -0.25) is 4.79 Å². The summed E-state index contributed by atoms with van der Waals surface area (Å²) in [6.45, 7) is 0. The van der Waals surface area contributed by atoms with E-state index in [1.54, 1.807) is 0 Å². The summed E-state index contributed by atoms with van der Waals surface area (Å²) in [6.07, 6.45) is 3.37.